The highest BCUT2D eigenvalue weighted by Crippen LogP contribution is 2.31. The smallest absolute Gasteiger partial charge is 0.241 e. The second-order valence-corrected chi connectivity index (χ2v) is 6.09. The third kappa shape index (κ3) is 3.45. The number of methoxy groups -OCH3 is 1. The van der Waals surface area contributed by atoms with Gasteiger partial charge in [0.05, 0.1) is 18.5 Å². The molecule has 28 heavy (non-hydrogen) atoms. The molecule has 3 N–H and O–H groups in total. The number of carbonyl (C=O) groups is 1. The highest BCUT2D eigenvalue weighted by Gasteiger charge is 2.11. The molecule has 7 nitrogen and oxygen atoms in total. The Morgan fingerprint density at radius 2 is 2.07 bits per heavy atom. The van der Waals surface area contributed by atoms with Crippen LogP contribution in [0.1, 0.15) is 5.69 Å². The lowest BCUT2D eigenvalue weighted by Crippen LogP contribution is -2.05. The van der Waals surface area contributed by atoms with E-state index in [0.717, 1.165) is 33.4 Å². The van der Waals surface area contributed by atoms with Crippen LogP contribution in [0.4, 0.5) is 0 Å². The molecule has 0 fully saturated rings. The summed E-state index contributed by atoms with van der Waals surface area (Å²) in [7, 11) is 1.59. The van der Waals surface area contributed by atoms with Crippen molar-refractivity contribution in [2.75, 3.05) is 7.11 Å². The number of nitrogens with two attached hydrogens (primary N) is 1. The molecule has 0 aliphatic heterocycles. The molecule has 138 valence electrons. The molecule has 4 heterocycles. The van der Waals surface area contributed by atoms with E-state index >= 15 is 0 Å². The van der Waals surface area contributed by atoms with Gasteiger partial charge in [-0.05, 0) is 35.9 Å². The number of H-pyrrole nitrogens is 1. The van der Waals surface area contributed by atoms with Crippen molar-refractivity contribution in [2.24, 2.45) is 5.73 Å². The zero-order valence-electron chi connectivity index (χ0n) is 15.1. The Morgan fingerprint density at radius 3 is 2.89 bits per heavy atom. The van der Waals surface area contributed by atoms with Gasteiger partial charge in [-0.1, -0.05) is 6.07 Å². The van der Waals surface area contributed by atoms with Gasteiger partial charge in [-0.25, -0.2) is 15.0 Å². The summed E-state index contributed by atoms with van der Waals surface area (Å²) in [5.74, 6) is 0.0339. The predicted octanol–water partition coefficient (Wildman–Crippen LogP) is 3.19. The Hall–Kier alpha value is -4.00. The van der Waals surface area contributed by atoms with Crippen molar-refractivity contribution in [1.82, 2.24) is 19.9 Å². The predicted molar refractivity (Wildman–Crippen MR) is 107 cm³/mol. The van der Waals surface area contributed by atoms with Crippen LogP contribution in [-0.2, 0) is 4.79 Å². The van der Waals surface area contributed by atoms with Crippen LogP contribution in [-0.4, -0.2) is 33.0 Å². The number of aromatic nitrogens is 4. The first-order valence-corrected chi connectivity index (χ1v) is 8.56. The lowest BCUT2D eigenvalue weighted by Gasteiger charge is -2.05. The zero-order valence-corrected chi connectivity index (χ0v) is 15.1. The van der Waals surface area contributed by atoms with Crippen molar-refractivity contribution in [3.63, 3.8) is 0 Å². The van der Waals surface area contributed by atoms with Crippen LogP contribution in [0.3, 0.4) is 0 Å². The Bertz CT molecular complexity index is 1200. The number of nitrogens with zero attached hydrogens (tertiary/aromatic N) is 3. The maximum Gasteiger partial charge on any atom is 0.241 e. The standard InChI is InChI=1S/C21H17N5O2/c1-28-20-10-13(7-8-23-20)17-12-25-21-16(17)9-14(11-24-21)18-4-2-3-15(26-18)5-6-19(22)27/h2-12H,1H3,(H2,22,27)(H,24,25)/b6-5+. The largest absolute Gasteiger partial charge is 0.481 e. The SMILES string of the molecule is COc1cc(-c2c[nH]c3ncc(-c4cccc(/C=C/C(N)=O)n4)cc23)ccn1. The van der Waals surface area contributed by atoms with Gasteiger partial charge in [0, 0.05) is 47.2 Å². The molecule has 0 atom stereocenters. The minimum Gasteiger partial charge on any atom is -0.481 e. The Kier molecular flexibility index (Phi) is 4.55. The van der Waals surface area contributed by atoms with E-state index in [1.807, 2.05) is 36.5 Å². The van der Waals surface area contributed by atoms with Crippen molar-refractivity contribution in [3.05, 3.63) is 66.8 Å². The van der Waals surface area contributed by atoms with Crippen molar-refractivity contribution in [1.29, 1.82) is 0 Å². The first kappa shape index (κ1) is 17.4. The number of aromatic amines is 1. The number of ether oxygens (including phenoxy) is 1. The Balaban J connectivity index is 1.78. The monoisotopic (exact) mass is 371 g/mol. The number of hydrogen-bond donors (Lipinski definition) is 2. The lowest BCUT2D eigenvalue weighted by molar-refractivity contribution is -0.113. The van der Waals surface area contributed by atoms with Gasteiger partial charge in [0.2, 0.25) is 11.8 Å². The number of primary amides is 1. The summed E-state index contributed by atoms with van der Waals surface area (Å²) in [5.41, 5.74) is 10.2. The summed E-state index contributed by atoms with van der Waals surface area (Å²) in [6, 6.07) is 11.4. The Labute approximate surface area is 160 Å². The van der Waals surface area contributed by atoms with E-state index in [1.54, 1.807) is 31.6 Å². The van der Waals surface area contributed by atoms with Crippen LogP contribution >= 0.6 is 0 Å². The number of carbonyl (C=O) groups excluding carboxylic acids is 1. The molecule has 0 aromatic carbocycles. The molecule has 1 amide bonds. The van der Waals surface area contributed by atoms with Gasteiger partial charge in [-0.15, -0.1) is 0 Å². The molecular weight excluding hydrogens is 354 g/mol. The van der Waals surface area contributed by atoms with Crippen LogP contribution in [0.5, 0.6) is 5.88 Å². The van der Waals surface area contributed by atoms with E-state index in [-0.39, 0.29) is 0 Å². The van der Waals surface area contributed by atoms with Crippen LogP contribution in [0.2, 0.25) is 0 Å². The van der Waals surface area contributed by atoms with E-state index in [9.17, 15) is 4.79 Å². The van der Waals surface area contributed by atoms with Crippen LogP contribution in [0, 0.1) is 0 Å². The number of nitrogens with one attached hydrogen (secondary N) is 1. The van der Waals surface area contributed by atoms with Crippen LogP contribution < -0.4 is 10.5 Å². The highest BCUT2D eigenvalue weighted by atomic mass is 16.5. The van der Waals surface area contributed by atoms with E-state index in [1.165, 1.54) is 6.08 Å². The molecule has 0 aliphatic carbocycles. The summed E-state index contributed by atoms with van der Waals surface area (Å²) in [6.45, 7) is 0. The first-order valence-electron chi connectivity index (χ1n) is 8.56. The van der Waals surface area contributed by atoms with Gasteiger partial charge in [0.1, 0.15) is 5.65 Å². The number of rotatable bonds is 5. The molecule has 0 spiro atoms. The number of fused-ring (bicyclic) bond motifs is 1. The first-order chi connectivity index (χ1) is 13.6. The van der Waals surface area contributed by atoms with Gasteiger partial charge >= 0.3 is 0 Å². The van der Waals surface area contributed by atoms with Gasteiger partial charge in [0.15, 0.2) is 0 Å². The molecule has 0 unspecified atom stereocenters. The number of hydrogen-bond acceptors (Lipinski definition) is 5. The summed E-state index contributed by atoms with van der Waals surface area (Å²) in [5, 5.41) is 0.964. The van der Waals surface area contributed by atoms with Gasteiger partial charge in [-0.3, -0.25) is 4.79 Å². The number of amides is 1. The molecule has 7 heteroatoms. The summed E-state index contributed by atoms with van der Waals surface area (Å²) in [4.78, 5) is 27.4. The fourth-order valence-corrected chi connectivity index (χ4v) is 2.94. The zero-order chi connectivity index (χ0) is 19.5. The van der Waals surface area contributed by atoms with Gasteiger partial charge in [0.25, 0.3) is 0 Å². The minimum atomic E-state index is -0.514. The molecule has 0 bridgehead atoms. The molecule has 0 saturated heterocycles. The average molecular weight is 371 g/mol. The normalized spacial score (nSPS) is 11.2. The molecule has 4 aromatic heterocycles. The quantitative estimate of drug-likeness (QED) is 0.524. The molecular formula is C21H17N5O2. The van der Waals surface area contributed by atoms with Crippen molar-refractivity contribution >= 4 is 23.0 Å². The Morgan fingerprint density at radius 1 is 1.18 bits per heavy atom. The number of pyridine rings is 3. The van der Waals surface area contributed by atoms with E-state index in [2.05, 4.69) is 19.9 Å². The minimum absolute atomic E-state index is 0.514. The van der Waals surface area contributed by atoms with Crippen LogP contribution in [0.25, 0.3) is 39.5 Å². The summed E-state index contributed by atoms with van der Waals surface area (Å²) in [6.07, 6.45) is 8.26. The van der Waals surface area contributed by atoms with E-state index in [0.29, 0.717) is 11.6 Å². The molecule has 0 aliphatic rings. The third-order valence-corrected chi connectivity index (χ3v) is 4.27. The second kappa shape index (κ2) is 7.32. The van der Waals surface area contributed by atoms with Gasteiger partial charge < -0.3 is 15.5 Å². The van der Waals surface area contributed by atoms with E-state index < -0.39 is 5.91 Å². The molecule has 0 radical (unpaired) electrons. The molecule has 4 rings (SSSR count). The fraction of sp³-hybridized carbons (Fsp3) is 0.0476. The van der Waals surface area contributed by atoms with Crippen molar-refractivity contribution in [3.8, 4) is 28.3 Å². The van der Waals surface area contributed by atoms with Crippen molar-refractivity contribution < 1.29 is 9.53 Å². The maximum atomic E-state index is 10.9. The highest BCUT2D eigenvalue weighted by molar-refractivity contribution is 5.95. The summed E-state index contributed by atoms with van der Waals surface area (Å²) < 4.78 is 5.22. The fourth-order valence-electron chi connectivity index (χ4n) is 2.94. The third-order valence-electron chi connectivity index (χ3n) is 4.27. The maximum absolute atomic E-state index is 10.9. The molecule has 0 saturated carbocycles. The molecule has 4 aromatic rings. The van der Waals surface area contributed by atoms with E-state index in [4.69, 9.17) is 10.5 Å². The second-order valence-electron chi connectivity index (χ2n) is 6.09. The average Bonchev–Trinajstić information content (AvgIpc) is 3.16. The summed E-state index contributed by atoms with van der Waals surface area (Å²) >= 11 is 0. The van der Waals surface area contributed by atoms with Crippen molar-refractivity contribution in [2.45, 2.75) is 0 Å². The van der Waals surface area contributed by atoms with Crippen LogP contribution in [0.15, 0.2) is 61.1 Å². The van der Waals surface area contributed by atoms with Gasteiger partial charge in [-0.2, -0.15) is 0 Å². The lowest BCUT2D eigenvalue weighted by atomic mass is 10.0. The topological polar surface area (TPSA) is 107 Å².